The molecule has 10 heteroatoms. The van der Waals surface area contributed by atoms with Crippen LogP contribution in [0.2, 0.25) is 0 Å². The third kappa shape index (κ3) is 4.03. The second-order valence-corrected chi connectivity index (χ2v) is 6.57. The topological polar surface area (TPSA) is 118 Å². The maximum atomic E-state index is 13.9. The average molecular weight is 353 g/mol. The molecular formula is C14H16FN5O3S. The van der Waals surface area contributed by atoms with E-state index in [1.54, 1.807) is 7.05 Å². The summed E-state index contributed by atoms with van der Waals surface area (Å²) < 4.78 is 36.6. The van der Waals surface area contributed by atoms with Crippen LogP contribution in [0.25, 0.3) is 0 Å². The highest BCUT2D eigenvalue weighted by Gasteiger charge is 2.20. The van der Waals surface area contributed by atoms with Gasteiger partial charge in [0.05, 0.1) is 10.5 Å². The number of carbonyl (C=O) groups excluding carboxylic acids is 1. The summed E-state index contributed by atoms with van der Waals surface area (Å²) in [5.41, 5.74) is 0.254. The summed E-state index contributed by atoms with van der Waals surface area (Å²) in [6, 6.07) is 2.82. The number of carbonyl (C=O) groups is 1. The lowest BCUT2D eigenvalue weighted by Gasteiger charge is -2.17. The van der Waals surface area contributed by atoms with Crippen molar-refractivity contribution in [1.29, 1.82) is 0 Å². The van der Waals surface area contributed by atoms with Crippen molar-refractivity contribution in [2.24, 2.45) is 5.14 Å². The van der Waals surface area contributed by atoms with Gasteiger partial charge in [0.25, 0.3) is 5.91 Å². The molecule has 0 radical (unpaired) electrons. The van der Waals surface area contributed by atoms with E-state index in [1.165, 1.54) is 24.3 Å². The summed E-state index contributed by atoms with van der Waals surface area (Å²) in [5.74, 6) is -1.09. The van der Waals surface area contributed by atoms with Crippen molar-refractivity contribution >= 4 is 21.9 Å². The molecule has 0 saturated carbocycles. The van der Waals surface area contributed by atoms with Gasteiger partial charge in [-0.05, 0) is 18.2 Å². The summed E-state index contributed by atoms with van der Waals surface area (Å²) in [4.78, 5) is 21.3. The van der Waals surface area contributed by atoms with Crippen LogP contribution in [0.4, 0.5) is 10.3 Å². The van der Waals surface area contributed by atoms with E-state index in [0.29, 0.717) is 11.5 Å². The van der Waals surface area contributed by atoms with Crippen molar-refractivity contribution in [2.75, 3.05) is 19.4 Å². The molecule has 1 aromatic heterocycles. The molecule has 0 fully saturated rings. The van der Waals surface area contributed by atoms with E-state index in [2.05, 4.69) is 15.3 Å². The molecule has 8 nitrogen and oxygen atoms in total. The Morgan fingerprint density at radius 3 is 2.50 bits per heavy atom. The van der Waals surface area contributed by atoms with E-state index < -0.39 is 21.7 Å². The quantitative estimate of drug-likeness (QED) is 0.811. The van der Waals surface area contributed by atoms with Crippen LogP contribution in [0.1, 0.15) is 15.9 Å². The minimum Gasteiger partial charge on any atom is -0.357 e. The van der Waals surface area contributed by atoms with E-state index >= 15 is 0 Å². The molecular weight excluding hydrogens is 337 g/mol. The van der Waals surface area contributed by atoms with Gasteiger partial charge in [0, 0.05) is 38.6 Å². The zero-order valence-corrected chi connectivity index (χ0v) is 13.8. The van der Waals surface area contributed by atoms with E-state index in [1.807, 2.05) is 0 Å². The fourth-order valence-corrected chi connectivity index (χ4v) is 2.50. The maximum absolute atomic E-state index is 13.9. The monoisotopic (exact) mass is 353 g/mol. The normalized spacial score (nSPS) is 11.2. The van der Waals surface area contributed by atoms with Crippen LogP contribution in [0.5, 0.6) is 0 Å². The van der Waals surface area contributed by atoms with E-state index in [0.717, 1.165) is 18.2 Å². The molecule has 2 aromatic rings. The number of primary sulfonamides is 1. The number of sulfonamides is 1. The van der Waals surface area contributed by atoms with Crippen molar-refractivity contribution in [3.63, 3.8) is 0 Å². The Morgan fingerprint density at radius 1 is 1.33 bits per heavy atom. The molecule has 0 aliphatic heterocycles. The van der Waals surface area contributed by atoms with Gasteiger partial charge in [0.2, 0.25) is 16.0 Å². The number of anilines is 1. The van der Waals surface area contributed by atoms with Crippen LogP contribution in [0.15, 0.2) is 35.5 Å². The molecule has 0 atom stereocenters. The third-order valence-corrected chi connectivity index (χ3v) is 4.10. The summed E-state index contributed by atoms with van der Waals surface area (Å²) in [6.07, 6.45) is 3.06. The molecule has 3 N–H and O–H groups in total. The van der Waals surface area contributed by atoms with Gasteiger partial charge >= 0.3 is 0 Å². The number of hydrogen-bond donors (Lipinski definition) is 2. The Bertz CT molecular complexity index is 855. The molecule has 0 spiro atoms. The van der Waals surface area contributed by atoms with Gasteiger partial charge in [0.1, 0.15) is 5.82 Å². The lowest BCUT2D eigenvalue weighted by atomic mass is 10.2. The number of aromatic nitrogens is 2. The van der Waals surface area contributed by atoms with Gasteiger partial charge in [-0.1, -0.05) is 0 Å². The molecule has 0 bridgehead atoms. The summed E-state index contributed by atoms with van der Waals surface area (Å²) in [5, 5.41) is 7.77. The molecule has 24 heavy (non-hydrogen) atoms. The molecule has 128 valence electrons. The van der Waals surface area contributed by atoms with Crippen molar-refractivity contribution < 1.29 is 17.6 Å². The van der Waals surface area contributed by atoms with Gasteiger partial charge in [0.15, 0.2) is 0 Å². The number of rotatable bonds is 5. The number of nitrogens with zero attached hydrogens (tertiary/aromatic N) is 3. The molecule has 1 aromatic carbocycles. The number of nitrogens with one attached hydrogen (secondary N) is 1. The fraction of sp³-hybridized carbons (Fsp3) is 0.214. The predicted octanol–water partition coefficient (Wildman–Crippen LogP) is 0.577. The smallest absolute Gasteiger partial charge is 0.256 e. The molecule has 2 rings (SSSR count). The number of nitrogens with two attached hydrogens (primary N) is 1. The summed E-state index contributed by atoms with van der Waals surface area (Å²) in [6.45, 7) is 0.127. The minimum absolute atomic E-state index is 0.127. The van der Waals surface area contributed by atoms with Gasteiger partial charge in [-0.3, -0.25) is 4.79 Å². The third-order valence-electron chi connectivity index (χ3n) is 3.19. The Labute approximate surface area is 138 Å². The first-order valence-electron chi connectivity index (χ1n) is 6.79. The van der Waals surface area contributed by atoms with E-state index in [4.69, 9.17) is 5.14 Å². The molecule has 1 amide bonds. The minimum atomic E-state index is -4.03. The maximum Gasteiger partial charge on any atom is 0.256 e. The second-order valence-electron chi connectivity index (χ2n) is 5.01. The SMILES string of the molecule is CNc1ncc(CN(C)C(=O)c2cc(S(N)(=O)=O)ccc2F)cn1. The Hall–Kier alpha value is -2.59. The van der Waals surface area contributed by atoms with Crippen molar-refractivity contribution in [3.8, 4) is 0 Å². The van der Waals surface area contributed by atoms with Gasteiger partial charge in [-0.25, -0.2) is 27.9 Å². The number of hydrogen-bond acceptors (Lipinski definition) is 6. The fourth-order valence-electron chi connectivity index (χ4n) is 1.96. The molecule has 0 saturated heterocycles. The lowest BCUT2D eigenvalue weighted by Crippen LogP contribution is -2.27. The molecule has 0 aliphatic rings. The van der Waals surface area contributed by atoms with Crippen LogP contribution >= 0.6 is 0 Å². The first kappa shape index (κ1) is 17.8. The first-order chi connectivity index (χ1) is 11.2. The number of amides is 1. The van der Waals surface area contributed by atoms with Crippen LogP contribution in [-0.4, -0.2) is 43.3 Å². The van der Waals surface area contributed by atoms with Crippen molar-refractivity contribution in [3.05, 3.63) is 47.5 Å². The van der Waals surface area contributed by atoms with Crippen molar-refractivity contribution in [1.82, 2.24) is 14.9 Å². The summed E-state index contributed by atoms with van der Waals surface area (Å²) >= 11 is 0. The zero-order valence-electron chi connectivity index (χ0n) is 13.0. The molecule has 0 unspecified atom stereocenters. The van der Waals surface area contributed by atoms with E-state index in [9.17, 15) is 17.6 Å². The van der Waals surface area contributed by atoms with Gasteiger partial charge in [-0.2, -0.15) is 0 Å². The lowest BCUT2D eigenvalue weighted by molar-refractivity contribution is 0.0780. The van der Waals surface area contributed by atoms with Crippen LogP contribution in [0, 0.1) is 5.82 Å². The Balaban J connectivity index is 2.23. The highest BCUT2D eigenvalue weighted by molar-refractivity contribution is 7.89. The zero-order chi connectivity index (χ0) is 17.9. The second kappa shape index (κ2) is 6.89. The first-order valence-corrected chi connectivity index (χ1v) is 8.33. The van der Waals surface area contributed by atoms with Crippen LogP contribution < -0.4 is 10.5 Å². The van der Waals surface area contributed by atoms with E-state index in [-0.39, 0.29) is 17.0 Å². The van der Waals surface area contributed by atoms with Crippen LogP contribution in [-0.2, 0) is 16.6 Å². The highest BCUT2D eigenvalue weighted by atomic mass is 32.2. The van der Waals surface area contributed by atoms with Gasteiger partial charge in [-0.15, -0.1) is 0 Å². The van der Waals surface area contributed by atoms with Crippen LogP contribution in [0.3, 0.4) is 0 Å². The summed E-state index contributed by atoms with van der Waals surface area (Å²) in [7, 11) is -0.904. The average Bonchev–Trinajstić information content (AvgIpc) is 2.54. The number of halogens is 1. The predicted molar refractivity (Wildman–Crippen MR) is 85.1 cm³/mol. The van der Waals surface area contributed by atoms with Crippen molar-refractivity contribution in [2.45, 2.75) is 11.4 Å². The molecule has 0 aliphatic carbocycles. The largest absolute Gasteiger partial charge is 0.357 e. The molecule has 1 heterocycles. The van der Waals surface area contributed by atoms with Gasteiger partial charge < -0.3 is 10.2 Å². The number of benzene rings is 1. The highest BCUT2D eigenvalue weighted by Crippen LogP contribution is 2.16. The Kier molecular flexibility index (Phi) is 5.10. The standard InChI is InChI=1S/C14H16FN5O3S/c1-17-14-18-6-9(7-19-14)8-20(2)13(21)11-5-10(24(16,22)23)3-4-12(11)15/h3-7H,8H2,1-2H3,(H2,16,22,23)(H,17,18,19). The Morgan fingerprint density at radius 2 is 1.96 bits per heavy atom.